The normalized spacial score (nSPS) is 10.6. The zero-order valence-corrected chi connectivity index (χ0v) is 11.8. The molecule has 3 aromatic rings. The molecule has 0 atom stereocenters. The number of nitrogens with zero attached hydrogens (tertiary/aromatic N) is 1. The number of benzene rings is 2. The second-order valence-corrected chi connectivity index (χ2v) is 4.67. The van der Waals surface area contributed by atoms with E-state index in [2.05, 4.69) is 9.97 Å². The Morgan fingerprint density at radius 1 is 1.23 bits per heavy atom. The number of methoxy groups -OCH3 is 1. The summed E-state index contributed by atoms with van der Waals surface area (Å²) in [6, 6.07) is 9.66. The van der Waals surface area contributed by atoms with Gasteiger partial charge in [-0.05, 0) is 17.7 Å². The number of ether oxygens (including phenoxy) is 2. The lowest BCUT2D eigenvalue weighted by molar-refractivity contribution is 0.308. The van der Waals surface area contributed by atoms with Crippen LogP contribution in [0.15, 0.2) is 47.5 Å². The summed E-state index contributed by atoms with van der Waals surface area (Å²) >= 11 is 0. The Kier molecular flexibility index (Phi) is 3.74. The van der Waals surface area contributed by atoms with E-state index in [1.165, 1.54) is 18.5 Å². The monoisotopic (exact) mass is 300 g/mol. The molecule has 1 heterocycles. The summed E-state index contributed by atoms with van der Waals surface area (Å²) in [6.07, 6.45) is 1.23. The Balaban J connectivity index is 1.91. The number of hydrogen-bond donors (Lipinski definition) is 1. The molecule has 2 aromatic carbocycles. The van der Waals surface area contributed by atoms with Crippen LogP contribution in [0.25, 0.3) is 10.9 Å². The van der Waals surface area contributed by atoms with Crippen molar-refractivity contribution in [3.63, 3.8) is 0 Å². The maximum atomic E-state index is 13.6. The van der Waals surface area contributed by atoms with Crippen LogP contribution >= 0.6 is 0 Å². The van der Waals surface area contributed by atoms with Crippen molar-refractivity contribution in [1.29, 1.82) is 0 Å². The van der Waals surface area contributed by atoms with Crippen LogP contribution in [0.3, 0.4) is 0 Å². The van der Waals surface area contributed by atoms with Crippen LogP contribution in [0.4, 0.5) is 4.39 Å². The van der Waals surface area contributed by atoms with E-state index in [4.69, 9.17) is 9.47 Å². The molecule has 3 rings (SSSR count). The van der Waals surface area contributed by atoms with E-state index in [-0.39, 0.29) is 28.8 Å². The van der Waals surface area contributed by atoms with Crippen molar-refractivity contribution < 1.29 is 13.9 Å². The molecule has 0 fully saturated rings. The summed E-state index contributed by atoms with van der Waals surface area (Å²) in [5.74, 6) is 0.399. The van der Waals surface area contributed by atoms with Crippen molar-refractivity contribution in [3.8, 4) is 11.5 Å². The summed E-state index contributed by atoms with van der Waals surface area (Å²) in [7, 11) is 1.59. The molecule has 6 heteroatoms. The van der Waals surface area contributed by atoms with Crippen LogP contribution < -0.4 is 15.0 Å². The third kappa shape index (κ3) is 2.76. The highest BCUT2D eigenvalue weighted by Gasteiger charge is 2.10. The first-order chi connectivity index (χ1) is 10.7. The lowest BCUT2D eigenvalue weighted by atomic mass is 10.2. The third-order valence-electron chi connectivity index (χ3n) is 3.23. The minimum atomic E-state index is -0.504. The van der Waals surface area contributed by atoms with E-state index < -0.39 is 5.82 Å². The molecular formula is C16H13FN2O3. The van der Waals surface area contributed by atoms with Gasteiger partial charge in [-0.25, -0.2) is 9.37 Å². The average molecular weight is 300 g/mol. The molecule has 0 aliphatic carbocycles. The molecule has 0 aliphatic heterocycles. The minimum absolute atomic E-state index is 0.167. The molecule has 1 N–H and O–H groups in total. The minimum Gasteiger partial charge on any atom is -0.497 e. The molecule has 1 aromatic heterocycles. The topological polar surface area (TPSA) is 64.2 Å². The molecule has 0 radical (unpaired) electrons. The van der Waals surface area contributed by atoms with E-state index >= 15 is 0 Å². The number of nitrogens with one attached hydrogen (secondary N) is 1. The predicted molar refractivity (Wildman–Crippen MR) is 79.6 cm³/mol. The predicted octanol–water partition coefficient (Wildman–Crippen LogP) is 2.65. The quantitative estimate of drug-likeness (QED) is 0.804. The summed E-state index contributed by atoms with van der Waals surface area (Å²) in [5, 5.41) is 0.234. The van der Waals surface area contributed by atoms with Gasteiger partial charge < -0.3 is 14.5 Å². The number of rotatable bonds is 4. The molecule has 0 unspecified atom stereocenters. The first kappa shape index (κ1) is 14.1. The van der Waals surface area contributed by atoms with Gasteiger partial charge in [0, 0.05) is 12.1 Å². The first-order valence-electron chi connectivity index (χ1n) is 6.60. The third-order valence-corrected chi connectivity index (χ3v) is 3.23. The van der Waals surface area contributed by atoms with Crippen LogP contribution in [-0.4, -0.2) is 17.1 Å². The maximum absolute atomic E-state index is 13.6. The molecule has 0 saturated carbocycles. The van der Waals surface area contributed by atoms with Gasteiger partial charge in [-0.2, -0.15) is 0 Å². The lowest BCUT2D eigenvalue weighted by Gasteiger charge is -2.09. The van der Waals surface area contributed by atoms with Gasteiger partial charge in [0.1, 0.15) is 29.3 Å². The second kappa shape index (κ2) is 5.85. The van der Waals surface area contributed by atoms with Gasteiger partial charge in [-0.15, -0.1) is 0 Å². The average Bonchev–Trinajstić information content (AvgIpc) is 2.53. The van der Waals surface area contributed by atoms with Gasteiger partial charge in [-0.3, -0.25) is 4.79 Å². The number of aromatic nitrogens is 2. The zero-order valence-electron chi connectivity index (χ0n) is 11.8. The van der Waals surface area contributed by atoms with E-state index in [0.29, 0.717) is 0 Å². The Morgan fingerprint density at radius 2 is 2.00 bits per heavy atom. The van der Waals surface area contributed by atoms with Crippen molar-refractivity contribution >= 4 is 10.9 Å². The fraction of sp³-hybridized carbons (Fsp3) is 0.125. The number of aromatic amines is 1. The van der Waals surface area contributed by atoms with Crippen LogP contribution in [-0.2, 0) is 6.61 Å². The highest BCUT2D eigenvalue weighted by molar-refractivity contribution is 5.84. The van der Waals surface area contributed by atoms with E-state index in [1.807, 2.05) is 12.1 Å². The zero-order chi connectivity index (χ0) is 15.5. The Labute approximate surface area is 125 Å². The Bertz CT molecular complexity index is 859. The molecule has 0 amide bonds. The highest BCUT2D eigenvalue weighted by Crippen LogP contribution is 2.24. The number of H-pyrrole nitrogens is 1. The molecule has 112 valence electrons. The van der Waals surface area contributed by atoms with Gasteiger partial charge in [-0.1, -0.05) is 12.1 Å². The van der Waals surface area contributed by atoms with Crippen molar-refractivity contribution in [2.75, 3.05) is 7.11 Å². The fourth-order valence-electron chi connectivity index (χ4n) is 2.13. The van der Waals surface area contributed by atoms with E-state index in [9.17, 15) is 9.18 Å². The molecule has 0 saturated heterocycles. The van der Waals surface area contributed by atoms with Gasteiger partial charge in [0.25, 0.3) is 5.56 Å². The molecule has 0 bridgehead atoms. The van der Waals surface area contributed by atoms with Crippen molar-refractivity contribution in [2.24, 2.45) is 0 Å². The van der Waals surface area contributed by atoms with Crippen LogP contribution in [0.2, 0.25) is 0 Å². The van der Waals surface area contributed by atoms with Gasteiger partial charge in [0.05, 0.1) is 19.0 Å². The van der Waals surface area contributed by atoms with Crippen LogP contribution in [0.1, 0.15) is 5.56 Å². The standard InChI is InChI=1S/C16H13FN2O3/c1-21-12-4-2-10(3-5-12)8-22-14-7-11(17)6-13-15(14)16(20)19-9-18-13/h2-7,9H,8H2,1H3,(H,18,19,20). The number of fused-ring (bicyclic) bond motifs is 1. The number of hydrogen-bond acceptors (Lipinski definition) is 4. The SMILES string of the molecule is COc1ccc(COc2cc(F)cc3nc[nH]c(=O)c23)cc1. The van der Waals surface area contributed by atoms with Crippen molar-refractivity contribution in [3.05, 3.63) is 64.5 Å². The van der Waals surface area contributed by atoms with Crippen molar-refractivity contribution in [1.82, 2.24) is 9.97 Å². The first-order valence-corrected chi connectivity index (χ1v) is 6.60. The largest absolute Gasteiger partial charge is 0.497 e. The van der Waals surface area contributed by atoms with Crippen LogP contribution in [0, 0.1) is 5.82 Å². The maximum Gasteiger partial charge on any atom is 0.262 e. The summed E-state index contributed by atoms with van der Waals surface area (Å²) in [6.45, 7) is 0.205. The summed E-state index contributed by atoms with van der Waals surface area (Å²) < 4.78 is 24.3. The smallest absolute Gasteiger partial charge is 0.262 e. The number of halogens is 1. The van der Waals surface area contributed by atoms with Crippen LogP contribution in [0.5, 0.6) is 11.5 Å². The Hall–Kier alpha value is -2.89. The van der Waals surface area contributed by atoms with Gasteiger partial charge in [0.2, 0.25) is 0 Å². The van der Waals surface area contributed by atoms with Gasteiger partial charge >= 0.3 is 0 Å². The summed E-state index contributed by atoms with van der Waals surface area (Å²) in [4.78, 5) is 18.3. The Morgan fingerprint density at radius 3 is 2.73 bits per heavy atom. The van der Waals surface area contributed by atoms with E-state index in [1.54, 1.807) is 19.2 Å². The second-order valence-electron chi connectivity index (χ2n) is 4.67. The fourth-order valence-corrected chi connectivity index (χ4v) is 2.13. The molecule has 5 nitrogen and oxygen atoms in total. The summed E-state index contributed by atoms with van der Waals surface area (Å²) in [5.41, 5.74) is 0.766. The molecule has 22 heavy (non-hydrogen) atoms. The molecule has 0 aliphatic rings. The van der Waals surface area contributed by atoms with Crippen molar-refractivity contribution in [2.45, 2.75) is 6.61 Å². The lowest BCUT2D eigenvalue weighted by Crippen LogP contribution is -2.09. The molecule has 0 spiro atoms. The van der Waals surface area contributed by atoms with Gasteiger partial charge in [0.15, 0.2) is 0 Å². The van der Waals surface area contributed by atoms with E-state index in [0.717, 1.165) is 11.3 Å². The highest BCUT2D eigenvalue weighted by atomic mass is 19.1. The molecular weight excluding hydrogens is 287 g/mol.